The molecule has 1 aromatic heterocycles. The number of amides is 1. The number of hydrogen-bond acceptors (Lipinski definition) is 4. The number of nitrogens with zero attached hydrogens (tertiary/aromatic N) is 4. The van der Waals surface area contributed by atoms with Crippen molar-refractivity contribution < 1.29 is 9.53 Å². The molecule has 2 aromatic carbocycles. The Labute approximate surface area is 183 Å². The first kappa shape index (κ1) is 20.6. The van der Waals surface area contributed by atoms with Gasteiger partial charge < -0.3 is 14.5 Å². The Morgan fingerprint density at radius 1 is 1.03 bits per heavy atom. The molecule has 1 aliphatic rings. The summed E-state index contributed by atoms with van der Waals surface area (Å²) in [6.45, 7) is 2.51. The molecule has 1 fully saturated rings. The molecule has 2 heterocycles. The molecule has 0 aliphatic carbocycles. The van der Waals surface area contributed by atoms with Crippen molar-refractivity contribution in [1.82, 2.24) is 14.0 Å². The summed E-state index contributed by atoms with van der Waals surface area (Å²) in [6, 6.07) is 10.9. The third-order valence-electron chi connectivity index (χ3n) is 5.53. The molecule has 7 nitrogen and oxygen atoms in total. The van der Waals surface area contributed by atoms with E-state index in [4.69, 9.17) is 27.9 Å². The third-order valence-corrected chi connectivity index (χ3v) is 6.08. The highest BCUT2D eigenvalue weighted by molar-refractivity contribution is 6.32. The maximum absolute atomic E-state index is 12.9. The van der Waals surface area contributed by atoms with E-state index in [0.717, 1.165) is 11.2 Å². The van der Waals surface area contributed by atoms with Gasteiger partial charge in [0.05, 0.1) is 23.2 Å². The lowest BCUT2D eigenvalue weighted by molar-refractivity contribution is -0.132. The van der Waals surface area contributed by atoms with Crippen LogP contribution in [0.1, 0.15) is 0 Å². The van der Waals surface area contributed by atoms with E-state index in [9.17, 15) is 9.59 Å². The molecule has 0 unspecified atom stereocenters. The Morgan fingerprint density at radius 2 is 1.77 bits per heavy atom. The van der Waals surface area contributed by atoms with Crippen molar-refractivity contribution in [3.05, 3.63) is 56.9 Å². The van der Waals surface area contributed by atoms with Gasteiger partial charge in [-0.15, -0.1) is 0 Å². The molecule has 0 bridgehead atoms. The first-order chi connectivity index (χ1) is 14.4. The molecule has 0 N–H and O–H groups in total. The fourth-order valence-corrected chi connectivity index (χ4v) is 4.19. The Morgan fingerprint density at radius 3 is 2.47 bits per heavy atom. The molecule has 1 saturated heterocycles. The average Bonchev–Trinajstić information content (AvgIpc) is 2.98. The number of carbonyl (C=O) groups excluding carboxylic acids is 1. The van der Waals surface area contributed by atoms with Crippen LogP contribution in [0.2, 0.25) is 10.0 Å². The van der Waals surface area contributed by atoms with Crippen LogP contribution in [0.25, 0.3) is 11.0 Å². The molecule has 0 spiro atoms. The number of rotatable bonds is 4. The molecule has 3 aromatic rings. The Bertz CT molecular complexity index is 1160. The lowest BCUT2D eigenvalue weighted by Gasteiger charge is -2.36. The summed E-state index contributed by atoms with van der Waals surface area (Å²) < 4.78 is 8.31. The molecule has 9 heteroatoms. The van der Waals surface area contributed by atoms with E-state index in [1.165, 1.54) is 9.13 Å². The Kier molecular flexibility index (Phi) is 5.66. The fourth-order valence-electron chi connectivity index (χ4n) is 3.83. The van der Waals surface area contributed by atoms with E-state index in [1.807, 2.05) is 18.2 Å². The fraction of sp³-hybridized carbons (Fsp3) is 0.333. The zero-order valence-electron chi connectivity index (χ0n) is 16.8. The van der Waals surface area contributed by atoms with Crippen LogP contribution in [0, 0.1) is 0 Å². The number of piperazine rings is 1. The van der Waals surface area contributed by atoms with Crippen molar-refractivity contribution in [1.29, 1.82) is 0 Å². The first-order valence-corrected chi connectivity index (χ1v) is 10.4. The van der Waals surface area contributed by atoms with Gasteiger partial charge in [0, 0.05) is 50.0 Å². The van der Waals surface area contributed by atoms with Crippen LogP contribution in [0.4, 0.5) is 5.69 Å². The van der Waals surface area contributed by atoms with Crippen LogP contribution in [0.15, 0.2) is 41.2 Å². The van der Waals surface area contributed by atoms with E-state index in [0.29, 0.717) is 47.5 Å². The number of anilines is 1. The second-order valence-corrected chi connectivity index (χ2v) is 8.09. The van der Waals surface area contributed by atoms with Crippen LogP contribution in [0.3, 0.4) is 0 Å². The molecule has 30 heavy (non-hydrogen) atoms. The molecular weight excluding hydrogens is 427 g/mol. The van der Waals surface area contributed by atoms with E-state index in [-0.39, 0.29) is 18.1 Å². The van der Waals surface area contributed by atoms with Gasteiger partial charge in [-0.3, -0.25) is 13.9 Å². The Hall–Kier alpha value is -2.64. The molecule has 4 rings (SSSR count). The van der Waals surface area contributed by atoms with E-state index < -0.39 is 0 Å². The number of aromatic nitrogens is 2. The highest BCUT2D eigenvalue weighted by Crippen LogP contribution is 2.29. The minimum Gasteiger partial charge on any atom is -0.495 e. The van der Waals surface area contributed by atoms with Crippen molar-refractivity contribution >= 4 is 45.8 Å². The van der Waals surface area contributed by atoms with Crippen LogP contribution < -0.4 is 15.3 Å². The number of methoxy groups -OCH3 is 1. The largest absolute Gasteiger partial charge is 0.495 e. The summed E-state index contributed by atoms with van der Waals surface area (Å²) in [5.41, 5.74) is 2.18. The summed E-state index contributed by atoms with van der Waals surface area (Å²) in [5, 5.41) is 1.09. The first-order valence-electron chi connectivity index (χ1n) is 9.60. The number of ether oxygens (including phenoxy) is 1. The van der Waals surface area contributed by atoms with E-state index in [2.05, 4.69) is 4.90 Å². The molecular formula is C21H22Cl2N4O3. The molecule has 1 aliphatic heterocycles. The third kappa shape index (κ3) is 3.75. The van der Waals surface area contributed by atoms with Gasteiger partial charge in [0.15, 0.2) is 0 Å². The predicted molar refractivity (Wildman–Crippen MR) is 119 cm³/mol. The zero-order chi connectivity index (χ0) is 21.4. The number of aryl methyl sites for hydroxylation is 1. The summed E-state index contributed by atoms with van der Waals surface area (Å²) >= 11 is 12.2. The molecule has 1 amide bonds. The van der Waals surface area contributed by atoms with Crippen molar-refractivity contribution in [3.63, 3.8) is 0 Å². The summed E-state index contributed by atoms with van der Waals surface area (Å²) in [5.74, 6) is 0.541. The van der Waals surface area contributed by atoms with Crippen molar-refractivity contribution in [2.75, 3.05) is 38.2 Å². The minimum atomic E-state index is -0.229. The lowest BCUT2D eigenvalue weighted by atomic mass is 10.2. The van der Waals surface area contributed by atoms with Gasteiger partial charge in [0.25, 0.3) is 0 Å². The zero-order valence-corrected chi connectivity index (χ0v) is 18.3. The van der Waals surface area contributed by atoms with Gasteiger partial charge in [-0.05, 0) is 30.3 Å². The number of benzene rings is 2. The molecule has 158 valence electrons. The topological polar surface area (TPSA) is 59.7 Å². The second-order valence-electron chi connectivity index (χ2n) is 7.25. The summed E-state index contributed by atoms with van der Waals surface area (Å²) in [6.07, 6.45) is 0. The maximum atomic E-state index is 12.9. The maximum Gasteiger partial charge on any atom is 0.329 e. The standard InChI is InChI=1S/C21H22Cl2N4O3/c1-24-17-6-3-14(22)11-18(17)27(21(24)29)13-20(28)26-9-7-25(8-10-26)15-4-5-16(23)19(12-15)30-2/h3-6,11-12H,7-10,13H2,1-2H3. The van der Waals surface area contributed by atoms with Crippen molar-refractivity contribution in [2.24, 2.45) is 7.05 Å². The quantitative estimate of drug-likeness (QED) is 0.615. The SMILES string of the molecule is COc1cc(N2CCN(C(=O)Cn3c(=O)n(C)c4ccc(Cl)cc43)CC2)ccc1Cl. The lowest BCUT2D eigenvalue weighted by Crippen LogP contribution is -2.50. The number of carbonyl (C=O) groups is 1. The molecule has 0 radical (unpaired) electrons. The number of fused-ring (bicyclic) bond motifs is 1. The number of hydrogen-bond donors (Lipinski definition) is 0. The normalized spacial score (nSPS) is 14.4. The van der Waals surface area contributed by atoms with Crippen LogP contribution in [0.5, 0.6) is 5.75 Å². The van der Waals surface area contributed by atoms with Gasteiger partial charge >= 0.3 is 5.69 Å². The van der Waals surface area contributed by atoms with Crippen LogP contribution >= 0.6 is 23.2 Å². The summed E-state index contributed by atoms with van der Waals surface area (Å²) in [4.78, 5) is 29.5. The second kappa shape index (κ2) is 8.24. The predicted octanol–water partition coefficient (Wildman–Crippen LogP) is 3.00. The number of halogens is 2. The van der Waals surface area contributed by atoms with Gasteiger partial charge in [-0.1, -0.05) is 23.2 Å². The van der Waals surface area contributed by atoms with Gasteiger partial charge in [0.2, 0.25) is 5.91 Å². The van der Waals surface area contributed by atoms with Crippen LogP contribution in [-0.2, 0) is 18.4 Å². The Balaban J connectivity index is 1.47. The number of imidazole rings is 1. The van der Waals surface area contributed by atoms with Crippen LogP contribution in [-0.4, -0.2) is 53.2 Å². The average molecular weight is 449 g/mol. The molecule has 0 saturated carbocycles. The summed E-state index contributed by atoms with van der Waals surface area (Å²) in [7, 11) is 3.28. The van der Waals surface area contributed by atoms with E-state index in [1.54, 1.807) is 37.3 Å². The smallest absolute Gasteiger partial charge is 0.329 e. The van der Waals surface area contributed by atoms with Gasteiger partial charge in [-0.25, -0.2) is 4.79 Å². The van der Waals surface area contributed by atoms with Crippen molar-refractivity contribution in [2.45, 2.75) is 6.54 Å². The van der Waals surface area contributed by atoms with Crippen molar-refractivity contribution in [3.8, 4) is 5.75 Å². The highest BCUT2D eigenvalue weighted by atomic mass is 35.5. The van der Waals surface area contributed by atoms with E-state index >= 15 is 0 Å². The molecule has 0 atom stereocenters. The highest BCUT2D eigenvalue weighted by Gasteiger charge is 2.23. The van der Waals surface area contributed by atoms with Gasteiger partial charge in [-0.2, -0.15) is 0 Å². The minimum absolute atomic E-state index is 0.00865. The monoisotopic (exact) mass is 448 g/mol. The van der Waals surface area contributed by atoms with Gasteiger partial charge in [0.1, 0.15) is 12.3 Å².